The first kappa shape index (κ1) is 10.4. The molecule has 0 saturated carbocycles. The Morgan fingerprint density at radius 3 is 2.27 bits per heavy atom. The van der Waals surface area contributed by atoms with Gasteiger partial charge in [-0.1, -0.05) is 0 Å². The molecule has 0 unspecified atom stereocenters. The summed E-state index contributed by atoms with van der Waals surface area (Å²) in [6.45, 7) is 5.38. The topological polar surface area (TPSA) is 73.3 Å². The molecule has 4 nitrogen and oxygen atoms in total. The highest BCUT2D eigenvalue weighted by atomic mass is 16.6. The molecule has 0 aromatic heterocycles. The van der Waals surface area contributed by atoms with Crippen LogP contribution >= 0.6 is 0 Å². The minimum absolute atomic E-state index is 0.475. The van der Waals surface area contributed by atoms with E-state index in [1.165, 1.54) is 0 Å². The number of hydroxylamine groups is 1. The largest absolute Gasteiger partial charge is 0.327 e. The predicted molar refractivity (Wildman–Crippen MR) is 45.6 cm³/mol. The Kier molecular flexibility index (Phi) is 5.83. The van der Waals surface area contributed by atoms with Crippen LogP contribution in [-0.4, -0.2) is 19.7 Å². The lowest BCUT2D eigenvalue weighted by Crippen LogP contribution is -2.21. The normalized spacial score (nSPS) is 9.45. The summed E-state index contributed by atoms with van der Waals surface area (Å²) >= 11 is 0. The Balaban J connectivity index is 3.89. The molecule has 0 radical (unpaired) electrons. The van der Waals surface area contributed by atoms with Gasteiger partial charge in [0.05, 0.1) is 6.61 Å². The lowest BCUT2D eigenvalue weighted by molar-refractivity contribution is 0.0728. The zero-order chi connectivity index (χ0) is 8.69. The van der Waals surface area contributed by atoms with Crippen LogP contribution in [0.4, 0.5) is 0 Å². The van der Waals surface area contributed by atoms with E-state index in [0.717, 1.165) is 11.3 Å². The first-order valence-corrected chi connectivity index (χ1v) is 3.72. The molecule has 0 fully saturated rings. The molecule has 0 aliphatic heterocycles. The van der Waals surface area contributed by atoms with Gasteiger partial charge in [0.1, 0.15) is 0 Å². The maximum Gasteiger partial charge on any atom is 0.0717 e. The third-order valence-electron chi connectivity index (χ3n) is 1.39. The highest BCUT2D eigenvalue weighted by Gasteiger charge is 1.96. The Bertz CT molecular complexity index is 128. The van der Waals surface area contributed by atoms with Crippen molar-refractivity contribution in [3.8, 4) is 0 Å². The van der Waals surface area contributed by atoms with Crippen molar-refractivity contribution >= 4 is 0 Å². The molecule has 0 saturated heterocycles. The number of nitrogens with two attached hydrogens (primary N) is 2. The Morgan fingerprint density at radius 1 is 1.36 bits per heavy atom. The van der Waals surface area contributed by atoms with Crippen LogP contribution < -0.4 is 16.9 Å². The molecule has 0 rings (SSSR count). The highest BCUT2D eigenvalue weighted by molar-refractivity contribution is 5.11. The van der Waals surface area contributed by atoms with Gasteiger partial charge in [0.25, 0.3) is 0 Å². The summed E-state index contributed by atoms with van der Waals surface area (Å²) in [5.74, 6) is 0. The van der Waals surface area contributed by atoms with E-state index in [2.05, 4.69) is 5.48 Å². The fourth-order valence-electron chi connectivity index (χ4n) is 0.642. The summed E-state index contributed by atoms with van der Waals surface area (Å²) in [7, 11) is 0. The van der Waals surface area contributed by atoms with Crippen molar-refractivity contribution in [1.29, 1.82) is 0 Å². The highest BCUT2D eigenvalue weighted by Crippen LogP contribution is 1.95. The molecule has 0 aliphatic rings. The summed E-state index contributed by atoms with van der Waals surface area (Å²) in [5.41, 5.74) is 15.5. The summed E-state index contributed by atoms with van der Waals surface area (Å²) in [4.78, 5) is 4.96. The molecule has 0 atom stereocenters. The molecule has 0 amide bonds. The van der Waals surface area contributed by atoms with Crippen molar-refractivity contribution in [2.75, 3.05) is 19.7 Å². The predicted octanol–water partition coefficient (Wildman–Crippen LogP) is -0.281. The first-order valence-electron chi connectivity index (χ1n) is 3.72. The van der Waals surface area contributed by atoms with Crippen LogP contribution in [-0.2, 0) is 4.84 Å². The molecule has 5 N–H and O–H groups in total. The third kappa shape index (κ3) is 3.98. The molecular formula is C7H17N3O. The number of hydrogen-bond donors (Lipinski definition) is 3. The van der Waals surface area contributed by atoms with Gasteiger partial charge in [0.15, 0.2) is 0 Å². The maximum atomic E-state index is 5.42. The van der Waals surface area contributed by atoms with Crippen LogP contribution in [0, 0.1) is 0 Å². The van der Waals surface area contributed by atoms with Crippen LogP contribution in [0.5, 0.6) is 0 Å². The van der Waals surface area contributed by atoms with E-state index in [9.17, 15) is 0 Å². The minimum Gasteiger partial charge on any atom is -0.327 e. The van der Waals surface area contributed by atoms with Gasteiger partial charge in [-0.25, -0.2) is 0 Å². The number of hydrogen-bond acceptors (Lipinski definition) is 4. The van der Waals surface area contributed by atoms with Crippen molar-refractivity contribution in [3.63, 3.8) is 0 Å². The number of nitrogens with one attached hydrogen (secondary N) is 1. The van der Waals surface area contributed by atoms with Gasteiger partial charge in [-0.05, 0) is 19.4 Å². The molecular weight excluding hydrogens is 142 g/mol. The quantitative estimate of drug-likeness (QED) is 0.482. The third-order valence-corrected chi connectivity index (χ3v) is 1.39. The summed E-state index contributed by atoms with van der Waals surface area (Å²) in [6.07, 6.45) is 0. The van der Waals surface area contributed by atoms with Crippen LogP contribution in [0.25, 0.3) is 0 Å². The smallest absolute Gasteiger partial charge is 0.0717 e. The van der Waals surface area contributed by atoms with Crippen molar-refractivity contribution in [1.82, 2.24) is 5.48 Å². The second-order valence-corrected chi connectivity index (χ2v) is 2.17. The first-order chi connectivity index (χ1) is 5.26. The second kappa shape index (κ2) is 6.15. The average Bonchev–Trinajstić information content (AvgIpc) is 2.03. The zero-order valence-corrected chi connectivity index (χ0v) is 7.18. The molecule has 0 aliphatic carbocycles. The van der Waals surface area contributed by atoms with Gasteiger partial charge in [-0.3, -0.25) is 10.3 Å². The average molecular weight is 159 g/mol. The van der Waals surface area contributed by atoms with E-state index in [1.54, 1.807) is 0 Å². The van der Waals surface area contributed by atoms with Crippen LogP contribution in [0.2, 0.25) is 0 Å². The van der Waals surface area contributed by atoms with Gasteiger partial charge in [-0.15, -0.1) is 0 Å². The molecule has 4 heteroatoms. The van der Waals surface area contributed by atoms with Crippen molar-refractivity contribution in [3.05, 3.63) is 11.3 Å². The van der Waals surface area contributed by atoms with E-state index < -0.39 is 0 Å². The molecule has 0 bridgehead atoms. The summed E-state index contributed by atoms with van der Waals surface area (Å²) in [5, 5.41) is 0. The Hall–Kier alpha value is -0.580. The Morgan fingerprint density at radius 2 is 1.91 bits per heavy atom. The van der Waals surface area contributed by atoms with Gasteiger partial charge in [0.2, 0.25) is 0 Å². The Labute approximate surface area is 67.5 Å². The molecule has 66 valence electrons. The van der Waals surface area contributed by atoms with Crippen molar-refractivity contribution in [2.45, 2.75) is 13.8 Å². The van der Waals surface area contributed by atoms with Gasteiger partial charge >= 0.3 is 0 Å². The molecule has 11 heavy (non-hydrogen) atoms. The fourth-order valence-corrected chi connectivity index (χ4v) is 0.642. The minimum atomic E-state index is 0.475. The van der Waals surface area contributed by atoms with Crippen LogP contribution in [0.3, 0.4) is 0 Å². The van der Waals surface area contributed by atoms with E-state index in [4.69, 9.17) is 16.3 Å². The summed E-state index contributed by atoms with van der Waals surface area (Å²) in [6, 6.07) is 0. The monoisotopic (exact) mass is 159 g/mol. The standard InChI is InChI=1S/C7H17N3O/c1-3-11-10-6(2)7(4-8)5-9/h10H,3-5,8-9H2,1-2H3. The number of allylic oxidation sites excluding steroid dienone is 1. The van der Waals surface area contributed by atoms with E-state index in [0.29, 0.717) is 19.7 Å². The zero-order valence-electron chi connectivity index (χ0n) is 7.18. The van der Waals surface area contributed by atoms with E-state index >= 15 is 0 Å². The summed E-state index contributed by atoms with van der Waals surface area (Å²) < 4.78 is 0. The molecule has 0 spiro atoms. The van der Waals surface area contributed by atoms with Gasteiger partial charge in [0, 0.05) is 18.8 Å². The lowest BCUT2D eigenvalue weighted by Gasteiger charge is -2.09. The molecule has 0 aromatic rings. The molecule has 0 aromatic carbocycles. The maximum absolute atomic E-state index is 5.42. The number of rotatable bonds is 5. The van der Waals surface area contributed by atoms with Gasteiger partial charge in [-0.2, -0.15) is 0 Å². The van der Waals surface area contributed by atoms with Gasteiger partial charge < -0.3 is 11.5 Å². The van der Waals surface area contributed by atoms with Crippen LogP contribution in [0.15, 0.2) is 11.3 Å². The SMILES string of the molecule is CCONC(C)=C(CN)CN. The molecule has 0 heterocycles. The lowest BCUT2D eigenvalue weighted by atomic mass is 10.2. The fraction of sp³-hybridized carbons (Fsp3) is 0.714. The van der Waals surface area contributed by atoms with Crippen molar-refractivity contribution < 1.29 is 4.84 Å². The van der Waals surface area contributed by atoms with E-state index in [-0.39, 0.29) is 0 Å². The second-order valence-electron chi connectivity index (χ2n) is 2.17. The van der Waals surface area contributed by atoms with E-state index in [1.807, 2.05) is 13.8 Å². The van der Waals surface area contributed by atoms with Crippen LogP contribution in [0.1, 0.15) is 13.8 Å². The van der Waals surface area contributed by atoms with Crippen molar-refractivity contribution in [2.24, 2.45) is 11.5 Å².